The topological polar surface area (TPSA) is 43.4 Å². The second kappa shape index (κ2) is 6.44. The van der Waals surface area contributed by atoms with Gasteiger partial charge in [0, 0.05) is 18.3 Å². The van der Waals surface area contributed by atoms with Crippen molar-refractivity contribution < 1.29 is 14.3 Å². The molecule has 3 nitrogen and oxygen atoms in total. The van der Waals surface area contributed by atoms with Crippen LogP contribution in [-0.4, -0.2) is 17.9 Å². The molecule has 0 heterocycles. The van der Waals surface area contributed by atoms with Crippen molar-refractivity contribution >= 4 is 11.8 Å². The zero-order valence-electron chi connectivity index (χ0n) is 18.9. The van der Waals surface area contributed by atoms with Crippen LogP contribution in [0.3, 0.4) is 0 Å². The molecule has 6 aliphatic carbocycles. The molecule has 160 valence electrons. The lowest BCUT2D eigenvalue weighted by molar-refractivity contribution is -0.164. The Balaban J connectivity index is 0.000000882. The number of esters is 1. The molecule has 10 atom stereocenters. The van der Waals surface area contributed by atoms with Crippen LogP contribution in [0.5, 0.6) is 0 Å². The summed E-state index contributed by atoms with van der Waals surface area (Å²) in [6, 6.07) is 0. The highest BCUT2D eigenvalue weighted by atomic mass is 16.5. The minimum atomic E-state index is -0.00874. The van der Waals surface area contributed by atoms with E-state index in [0.29, 0.717) is 24.0 Å². The fraction of sp³-hybridized carbons (Fsp3) is 0.846. The van der Waals surface area contributed by atoms with Crippen molar-refractivity contribution in [1.29, 1.82) is 0 Å². The third kappa shape index (κ3) is 2.54. The molecule has 0 aromatic rings. The number of ketones is 1. The average molecular weight is 399 g/mol. The Labute approximate surface area is 176 Å². The zero-order valence-corrected chi connectivity index (χ0v) is 18.9. The smallest absolute Gasteiger partial charge is 0.305 e. The van der Waals surface area contributed by atoms with Gasteiger partial charge in [0.25, 0.3) is 0 Å². The van der Waals surface area contributed by atoms with Crippen LogP contribution in [0.1, 0.15) is 79.6 Å². The van der Waals surface area contributed by atoms with E-state index < -0.39 is 0 Å². The van der Waals surface area contributed by atoms with Gasteiger partial charge in [-0.3, -0.25) is 9.59 Å². The van der Waals surface area contributed by atoms with Crippen LogP contribution in [0.2, 0.25) is 0 Å². The van der Waals surface area contributed by atoms with E-state index in [1.165, 1.54) is 31.3 Å². The third-order valence-electron chi connectivity index (χ3n) is 9.99. The van der Waals surface area contributed by atoms with Crippen molar-refractivity contribution in [2.45, 2.75) is 85.7 Å². The van der Waals surface area contributed by atoms with E-state index in [2.05, 4.69) is 19.9 Å². The van der Waals surface area contributed by atoms with Gasteiger partial charge in [-0.15, -0.1) is 0 Å². The maximum absolute atomic E-state index is 12.1. The van der Waals surface area contributed by atoms with Crippen molar-refractivity contribution in [3.05, 3.63) is 11.6 Å². The van der Waals surface area contributed by atoms with Gasteiger partial charge in [0.15, 0.2) is 5.78 Å². The number of ether oxygens (including phenoxy) is 1. The first-order chi connectivity index (χ1) is 13.9. The summed E-state index contributed by atoms with van der Waals surface area (Å²) < 4.78 is 6.07. The van der Waals surface area contributed by atoms with Crippen molar-refractivity contribution in [2.24, 2.45) is 52.3 Å². The summed E-state index contributed by atoms with van der Waals surface area (Å²) in [5.74, 6) is 5.52. The van der Waals surface area contributed by atoms with Crippen molar-refractivity contribution in [3.63, 3.8) is 0 Å². The van der Waals surface area contributed by atoms with Gasteiger partial charge in [-0.25, -0.2) is 0 Å². The SMILES string of the molecule is CC.CCC(=O)OC1C2CC2C2C3C4CC4C4=CC(=O)CCC4(C)C3CCC12C. The summed E-state index contributed by atoms with van der Waals surface area (Å²) in [6.07, 6.45) is 9.55. The molecule has 0 aromatic heterocycles. The van der Waals surface area contributed by atoms with Crippen LogP contribution in [0.15, 0.2) is 11.6 Å². The zero-order chi connectivity index (χ0) is 20.7. The van der Waals surface area contributed by atoms with Gasteiger partial charge in [-0.1, -0.05) is 40.2 Å². The molecule has 0 bridgehead atoms. The lowest BCUT2D eigenvalue weighted by atomic mass is 9.46. The largest absolute Gasteiger partial charge is 0.461 e. The molecule has 5 fully saturated rings. The highest BCUT2D eigenvalue weighted by Gasteiger charge is 2.75. The highest BCUT2D eigenvalue weighted by molar-refractivity contribution is 5.92. The van der Waals surface area contributed by atoms with E-state index in [4.69, 9.17) is 4.74 Å². The van der Waals surface area contributed by atoms with Gasteiger partial charge in [-0.05, 0) is 85.0 Å². The molecule has 10 unspecified atom stereocenters. The molecule has 0 amide bonds. The van der Waals surface area contributed by atoms with Crippen LogP contribution in [0.4, 0.5) is 0 Å². The van der Waals surface area contributed by atoms with Crippen LogP contribution in [-0.2, 0) is 14.3 Å². The molecule has 6 rings (SSSR count). The minimum Gasteiger partial charge on any atom is -0.461 e. The second-order valence-electron chi connectivity index (χ2n) is 11.1. The molecule has 0 aromatic carbocycles. The standard InChI is InChI=1S/C24H32O3.C2H6/c1-4-19(26)27-22-16-11-15(16)21-20-14-10-13(14)18-9-12(25)5-7-23(18,2)17(20)6-8-24(21,22)3;1-2/h9,13-17,20-22H,4-8,10-11H2,1-3H3;1-2H3. The Hall–Kier alpha value is -1.12. The predicted molar refractivity (Wildman–Crippen MR) is 113 cm³/mol. The van der Waals surface area contributed by atoms with Gasteiger partial charge in [0.1, 0.15) is 6.10 Å². The van der Waals surface area contributed by atoms with Crippen LogP contribution < -0.4 is 0 Å². The van der Waals surface area contributed by atoms with Crippen molar-refractivity contribution in [2.75, 3.05) is 0 Å². The minimum absolute atomic E-state index is 0.00874. The van der Waals surface area contributed by atoms with Gasteiger partial charge in [0.05, 0.1) is 0 Å². The fourth-order valence-corrected chi connectivity index (χ4v) is 8.73. The maximum Gasteiger partial charge on any atom is 0.305 e. The Morgan fingerprint density at radius 2 is 1.90 bits per heavy atom. The number of carbonyl (C=O) groups is 2. The van der Waals surface area contributed by atoms with Gasteiger partial charge in [-0.2, -0.15) is 0 Å². The summed E-state index contributed by atoms with van der Waals surface area (Å²) in [4.78, 5) is 24.2. The number of carbonyl (C=O) groups excluding carboxylic acids is 2. The molecular formula is C26H38O3. The van der Waals surface area contributed by atoms with Gasteiger partial charge in [0.2, 0.25) is 0 Å². The third-order valence-corrected chi connectivity index (χ3v) is 9.99. The first-order valence-electron chi connectivity index (χ1n) is 12.3. The van der Waals surface area contributed by atoms with Crippen LogP contribution in [0.25, 0.3) is 0 Å². The van der Waals surface area contributed by atoms with Crippen LogP contribution >= 0.6 is 0 Å². The first kappa shape index (κ1) is 19.8. The summed E-state index contributed by atoms with van der Waals surface area (Å²) in [5, 5.41) is 0. The number of hydrogen-bond acceptors (Lipinski definition) is 3. The predicted octanol–water partition coefficient (Wildman–Crippen LogP) is 5.58. The normalized spacial score (nSPS) is 53.0. The van der Waals surface area contributed by atoms with E-state index >= 15 is 0 Å². The quantitative estimate of drug-likeness (QED) is 0.571. The summed E-state index contributed by atoms with van der Waals surface area (Å²) in [6.45, 7) is 10.8. The summed E-state index contributed by atoms with van der Waals surface area (Å²) in [5.41, 5.74) is 1.96. The number of fused-ring (bicyclic) bond motifs is 10. The fourth-order valence-electron chi connectivity index (χ4n) is 8.73. The van der Waals surface area contributed by atoms with E-state index in [1.807, 2.05) is 20.8 Å². The lowest BCUT2D eigenvalue weighted by Crippen LogP contribution is -2.54. The van der Waals surface area contributed by atoms with Crippen molar-refractivity contribution in [1.82, 2.24) is 0 Å². The average Bonchev–Trinajstić information content (AvgIpc) is 3.62. The number of allylic oxidation sites excluding steroid dienone is 1. The Morgan fingerprint density at radius 3 is 2.62 bits per heavy atom. The second-order valence-corrected chi connectivity index (χ2v) is 11.1. The van der Waals surface area contributed by atoms with E-state index in [-0.39, 0.29) is 22.9 Å². The molecule has 29 heavy (non-hydrogen) atoms. The summed E-state index contributed by atoms with van der Waals surface area (Å²) >= 11 is 0. The highest BCUT2D eigenvalue weighted by Crippen LogP contribution is 2.78. The first-order valence-corrected chi connectivity index (χ1v) is 12.3. The van der Waals surface area contributed by atoms with Crippen LogP contribution in [0, 0.1) is 52.3 Å². The molecule has 5 saturated carbocycles. The lowest BCUT2D eigenvalue weighted by Gasteiger charge is -2.58. The van der Waals surface area contributed by atoms with Gasteiger partial charge < -0.3 is 4.74 Å². The molecule has 3 heteroatoms. The Morgan fingerprint density at radius 1 is 1.14 bits per heavy atom. The maximum atomic E-state index is 12.1. The monoisotopic (exact) mass is 398 g/mol. The molecule has 0 saturated heterocycles. The van der Waals surface area contributed by atoms with E-state index in [0.717, 1.165) is 42.4 Å². The van der Waals surface area contributed by atoms with E-state index in [9.17, 15) is 9.59 Å². The Kier molecular flexibility index (Phi) is 4.40. The molecular weight excluding hydrogens is 360 g/mol. The molecule has 0 aliphatic heterocycles. The number of rotatable bonds is 2. The molecule has 0 spiro atoms. The Bertz CT molecular complexity index is 768. The van der Waals surface area contributed by atoms with Crippen molar-refractivity contribution in [3.8, 4) is 0 Å². The molecule has 6 aliphatic rings. The molecule has 0 N–H and O–H groups in total. The van der Waals surface area contributed by atoms with E-state index in [1.54, 1.807) is 0 Å². The number of hydrogen-bond donors (Lipinski definition) is 0. The summed E-state index contributed by atoms with van der Waals surface area (Å²) in [7, 11) is 0. The molecule has 0 radical (unpaired) electrons. The van der Waals surface area contributed by atoms with Gasteiger partial charge >= 0.3 is 5.97 Å².